The third-order valence-electron chi connectivity index (χ3n) is 2.48. The van der Waals surface area contributed by atoms with E-state index in [1.54, 1.807) is 6.26 Å². The van der Waals surface area contributed by atoms with Crippen molar-refractivity contribution in [3.63, 3.8) is 0 Å². The lowest BCUT2D eigenvalue weighted by Crippen LogP contribution is -1.87. The highest BCUT2D eigenvalue weighted by Gasteiger charge is 2.05. The van der Waals surface area contributed by atoms with Gasteiger partial charge >= 0.3 is 0 Å². The number of nitrogens with zero attached hydrogens (tertiary/aromatic N) is 2. The van der Waals surface area contributed by atoms with E-state index in [1.165, 1.54) is 11.8 Å². The second kappa shape index (κ2) is 4.34. The average Bonchev–Trinajstić information content (AvgIpc) is 2.75. The van der Waals surface area contributed by atoms with Crippen molar-refractivity contribution in [3.05, 3.63) is 42.3 Å². The standard InChI is InChI=1S/C13H11N3OS/c1-8-7-17-13(15-8)18-12-5-2-9-6-10(14)3-4-11(9)16-12/h2-7H,14H2,1H3. The third-order valence-corrected chi connectivity index (χ3v) is 3.28. The monoisotopic (exact) mass is 257 g/mol. The van der Waals surface area contributed by atoms with Crippen molar-refractivity contribution in [3.8, 4) is 0 Å². The SMILES string of the molecule is Cc1coc(Sc2ccc3cc(N)ccc3n2)n1. The second-order valence-corrected chi connectivity index (χ2v) is 4.93. The van der Waals surface area contributed by atoms with Crippen LogP contribution in [0.4, 0.5) is 5.69 Å². The van der Waals surface area contributed by atoms with E-state index in [0.29, 0.717) is 5.22 Å². The van der Waals surface area contributed by atoms with Gasteiger partial charge < -0.3 is 10.2 Å². The first kappa shape index (κ1) is 11.1. The summed E-state index contributed by atoms with van der Waals surface area (Å²) < 4.78 is 5.29. The minimum Gasteiger partial charge on any atom is -0.439 e. The maximum Gasteiger partial charge on any atom is 0.262 e. The smallest absolute Gasteiger partial charge is 0.262 e. The van der Waals surface area contributed by atoms with E-state index in [9.17, 15) is 0 Å². The maximum atomic E-state index is 5.73. The van der Waals surface area contributed by atoms with Crippen molar-refractivity contribution in [2.75, 3.05) is 5.73 Å². The number of aryl methyl sites for hydroxylation is 1. The van der Waals surface area contributed by atoms with Crippen LogP contribution in [0.1, 0.15) is 5.69 Å². The zero-order chi connectivity index (χ0) is 12.5. The van der Waals surface area contributed by atoms with Gasteiger partial charge in [0.1, 0.15) is 11.3 Å². The highest BCUT2D eigenvalue weighted by atomic mass is 32.2. The molecule has 0 unspecified atom stereocenters. The lowest BCUT2D eigenvalue weighted by atomic mass is 10.2. The van der Waals surface area contributed by atoms with Gasteiger partial charge in [0.2, 0.25) is 0 Å². The Morgan fingerprint density at radius 1 is 1.17 bits per heavy atom. The summed E-state index contributed by atoms with van der Waals surface area (Å²) in [7, 11) is 0. The fourth-order valence-corrected chi connectivity index (χ4v) is 2.40. The van der Waals surface area contributed by atoms with Gasteiger partial charge in [0.05, 0.1) is 11.2 Å². The van der Waals surface area contributed by atoms with Gasteiger partial charge in [-0.15, -0.1) is 0 Å². The molecule has 0 aliphatic carbocycles. The maximum absolute atomic E-state index is 5.73. The molecule has 0 fully saturated rings. The Kier molecular flexibility index (Phi) is 2.68. The van der Waals surface area contributed by atoms with Crippen LogP contribution in [0, 0.1) is 6.92 Å². The topological polar surface area (TPSA) is 64.9 Å². The summed E-state index contributed by atoms with van der Waals surface area (Å²) >= 11 is 1.41. The molecule has 0 bridgehead atoms. The van der Waals surface area contributed by atoms with E-state index in [4.69, 9.17) is 10.2 Å². The van der Waals surface area contributed by atoms with Gasteiger partial charge in [-0.25, -0.2) is 9.97 Å². The summed E-state index contributed by atoms with van der Waals surface area (Å²) in [5.41, 5.74) is 8.25. The summed E-state index contributed by atoms with van der Waals surface area (Å²) in [5, 5.41) is 2.49. The number of fused-ring (bicyclic) bond motifs is 1. The van der Waals surface area contributed by atoms with Crippen LogP contribution in [0.15, 0.2) is 51.3 Å². The van der Waals surface area contributed by atoms with Crippen molar-refractivity contribution in [1.82, 2.24) is 9.97 Å². The van der Waals surface area contributed by atoms with Crippen LogP contribution < -0.4 is 5.73 Å². The van der Waals surface area contributed by atoms with E-state index in [1.807, 2.05) is 37.3 Å². The first-order valence-corrected chi connectivity index (χ1v) is 6.29. The van der Waals surface area contributed by atoms with Gasteiger partial charge in [0, 0.05) is 11.1 Å². The van der Waals surface area contributed by atoms with E-state index in [-0.39, 0.29) is 0 Å². The molecule has 90 valence electrons. The molecule has 0 amide bonds. The zero-order valence-electron chi connectivity index (χ0n) is 9.75. The predicted molar refractivity (Wildman–Crippen MR) is 71.5 cm³/mol. The van der Waals surface area contributed by atoms with Gasteiger partial charge in [0.15, 0.2) is 0 Å². The molecule has 3 rings (SSSR count). The molecule has 1 aromatic carbocycles. The largest absolute Gasteiger partial charge is 0.439 e. The summed E-state index contributed by atoms with van der Waals surface area (Å²) in [5.74, 6) is 0. The molecule has 2 heterocycles. The highest BCUT2D eigenvalue weighted by molar-refractivity contribution is 7.99. The van der Waals surface area contributed by atoms with E-state index in [2.05, 4.69) is 9.97 Å². The van der Waals surface area contributed by atoms with E-state index < -0.39 is 0 Å². The van der Waals surface area contributed by atoms with Gasteiger partial charge in [0.25, 0.3) is 5.22 Å². The molecule has 5 heteroatoms. The molecule has 2 N–H and O–H groups in total. The Labute approximate surface area is 108 Å². The summed E-state index contributed by atoms with van der Waals surface area (Å²) in [6.45, 7) is 1.89. The molecule has 3 aromatic rings. The number of hydrogen-bond donors (Lipinski definition) is 1. The van der Waals surface area contributed by atoms with Crippen molar-refractivity contribution in [1.29, 1.82) is 0 Å². The lowest BCUT2D eigenvalue weighted by molar-refractivity contribution is 0.454. The number of nitrogen functional groups attached to an aromatic ring is 1. The van der Waals surface area contributed by atoms with Crippen LogP contribution in [-0.4, -0.2) is 9.97 Å². The Bertz CT molecular complexity index is 708. The molecule has 0 radical (unpaired) electrons. The zero-order valence-corrected chi connectivity index (χ0v) is 10.6. The minimum absolute atomic E-state index is 0.606. The molecule has 0 saturated carbocycles. The molecule has 18 heavy (non-hydrogen) atoms. The first-order valence-electron chi connectivity index (χ1n) is 5.47. The number of rotatable bonds is 2. The number of benzene rings is 1. The summed E-state index contributed by atoms with van der Waals surface area (Å²) in [6, 6.07) is 9.60. The van der Waals surface area contributed by atoms with Crippen molar-refractivity contribution in [2.45, 2.75) is 17.2 Å². The number of anilines is 1. The minimum atomic E-state index is 0.606. The first-order chi connectivity index (χ1) is 8.70. The predicted octanol–water partition coefficient (Wildman–Crippen LogP) is 3.26. The number of hydrogen-bond acceptors (Lipinski definition) is 5. The molecule has 0 saturated heterocycles. The molecular formula is C13H11N3OS. The van der Waals surface area contributed by atoms with Crippen LogP contribution in [0.25, 0.3) is 10.9 Å². The van der Waals surface area contributed by atoms with Gasteiger partial charge in [-0.05, 0) is 43.0 Å². The quantitative estimate of drug-likeness (QED) is 0.714. The second-order valence-electron chi connectivity index (χ2n) is 3.96. The van der Waals surface area contributed by atoms with E-state index >= 15 is 0 Å². The molecule has 0 atom stereocenters. The molecule has 0 aliphatic rings. The van der Waals surface area contributed by atoms with Crippen LogP contribution in [0.3, 0.4) is 0 Å². The fraction of sp³-hybridized carbons (Fsp3) is 0.0769. The molecular weight excluding hydrogens is 246 g/mol. The fourth-order valence-electron chi connectivity index (χ4n) is 1.65. The lowest BCUT2D eigenvalue weighted by Gasteiger charge is -2.01. The van der Waals surface area contributed by atoms with Crippen molar-refractivity contribution < 1.29 is 4.42 Å². The van der Waals surface area contributed by atoms with Crippen LogP contribution in [0.2, 0.25) is 0 Å². The van der Waals surface area contributed by atoms with E-state index in [0.717, 1.165) is 27.3 Å². The molecule has 0 aliphatic heterocycles. The highest BCUT2D eigenvalue weighted by Crippen LogP contribution is 2.27. The van der Waals surface area contributed by atoms with Crippen molar-refractivity contribution >= 4 is 28.4 Å². The van der Waals surface area contributed by atoms with Crippen LogP contribution in [-0.2, 0) is 0 Å². The number of pyridine rings is 1. The Balaban J connectivity index is 1.96. The normalized spacial score (nSPS) is 10.9. The molecule has 0 spiro atoms. The third kappa shape index (κ3) is 2.17. The van der Waals surface area contributed by atoms with Gasteiger partial charge in [-0.2, -0.15) is 0 Å². The van der Waals surface area contributed by atoms with Gasteiger partial charge in [-0.3, -0.25) is 0 Å². The average molecular weight is 257 g/mol. The van der Waals surface area contributed by atoms with Crippen LogP contribution >= 0.6 is 11.8 Å². The number of nitrogens with two attached hydrogens (primary N) is 1. The number of aromatic nitrogens is 2. The Hall–Kier alpha value is -2.01. The summed E-state index contributed by atoms with van der Waals surface area (Å²) in [6.07, 6.45) is 1.63. The Morgan fingerprint density at radius 2 is 2.06 bits per heavy atom. The van der Waals surface area contributed by atoms with Crippen molar-refractivity contribution in [2.24, 2.45) is 0 Å². The van der Waals surface area contributed by atoms with Gasteiger partial charge in [-0.1, -0.05) is 6.07 Å². The Morgan fingerprint density at radius 3 is 2.83 bits per heavy atom. The summed E-state index contributed by atoms with van der Waals surface area (Å²) in [4.78, 5) is 8.76. The van der Waals surface area contributed by atoms with Crippen LogP contribution in [0.5, 0.6) is 0 Å². The molecule has 2 aromatic heterocycles. The number of oxazole rings is 1. The molecule has 4 nitrogen and oxygen atoms in total.